The molecule has 0 radical (unpaired) electrons. The van der Waals surface area contributed by atoms with E-state index in [1.54, 1.807) is 0 Å². The quantitative estimate of drug-likeness (QED) is 0.617. The van der Waals surface area contributed by atoms with Gasteiger partial charge in [0.2, 0.25) is 0 Å². The number of hydrogen-bond donors (Lipinski definition) is 1. The van der Waals surface area contributed by atoms with Crippen molar-refractivity contribution in [2.24, 2.45) is 5.92 Å². The van der Waals surface area contributed by atoms with Gasteiger partial charge in [-0.15, -0.1) is 0 Å². The number of benzene rings is 1. The summed E-state index contributed by atoms with van der Waals surface area (Å²) >= 11 is 0. The molecule has 1 aromatic rings. The molecule has 1 N–H and O–H groups in total. The fourth-order valence-corrected chi connectivity index (χ4v) is 2.78. The van der Waals surface area contributed by atoms with Crippen molar-refractivity contribution in [1.82, 2.24) is 4.90 Å². The van der Waals surface area contributed by atoms with Crippen LogP contribution >= 0.6 is 0 Å². The summed E-state index contributed by atoms with van der Waals surface area (Å²) < 4.78 is 11.5. The van der Waals surface area contributed by atoms with Gasteiger partial charge in [0.25, 0.3) is 5.91 Å². The molecule has 1 atom stereocenters. The average Bonchev–Trinajstić information content (AvgIpc) is 2.52. The first-order valence-electron chi connectivity index (χ1n) is 9.10. The van der Waals surface area contributed by atoms with Gasteiger partial charge in [-0.25, -0.2) is 0 Å². The van der Waals surface area contributed by atoms with Gasteiger partial charge in [0.15, 0.2) is 0 Å². The van der Waals surface area contributed by atoms with Gasteiger partial charge < -0.3 is 19.7 Å². The van der Waals surface area contributed by atoms with Crippen LogP contribution in [0.3, 0.4) is 0 Å². The largest absolute Gasteiger partial charge is 0.494 e. The van der Waals surface area contributed by atoms with Crippen LogP contribution in [-0.2, 0) is 9.53 Å². The van der Waals surface area contributed by atoms with E-state index in [4.69, 9.17) is 9.47 Å². The van der Waals surface area contributed by atoms with Crippen molar-refractivity contribution in [1.29, 1.82) is 0 Å². The highest BCUT2D eigenvalue weighted by atomic mass is 16.5. The Labute approximate surface area is 152 Å². The highest BCUT2D eigenvalue weighted by Gasteiger charge is 2.34. The molecule has 5 nitrogen and oxygen atoms in total. The van der Waals surface area contributed by atoms with Crippen LogP contribution in [0, 0.1) is 5.92 Å². The monoisotopic (exact) mass is 350 g/mol. The standard InChI is InChI=1S/C20H34N2O3/c1-7-25-20(4,15-16(2)3)19(23)21-17-9-11-18(12-10-17)24-14-8-13-22(5)6/h9-12,16H,7-8,13-15H2,1-6H3,(H,21,23)/t20-/m0/s1. The molecule has 1 amide bonds. The number of ether oxygens (including phenoxy) is 2. The summed E-state index contributed by atoms with van der Waals surface area (Å²) in [6.45, 7) is 10.1. The van der Waals surface area contributed by atoms with Crippen LogP contribution in [-0.4, -0.2) is 50.3 Å². The molecule has 5 heteroatoms. The Balaban J connectivity index is 2.59. The van der Waals surface area contributed by atoms with Crippen LogP contribution in [0.5, 0.6) is 5.75 Å². The minimum absolute atomic E-state index is 0.109. The second kappa shape index (κ2) is 10.4. The maximum atomic E-state index is 12.6. The van der Waals surface area contributed by atoms with E-state index >= 15 is 0 Å². The molecular formula is C20H34N2O3. The van der Waals surface area contributed by atoms with Crippen molar-refractivity contribution >= 4 is 11.6 Å². The predicted octanol–water partition coefficient (Wildman–Crippen LogP) is 3.80. The highest BCUT2D eigenvalue weighted by Crippen LogP contribution is 2.24. The van der Waals surface area contributed by atoms with Gasteiger partial charge in [0.05, 0.1) is 6.61 Å². The number of nitrogens with one attached hydrogen (secondary N) is 1. The molecule has 0 saturated carbocycles. The third-order valence-corrected chi connectivity index (χ3v) is 3.87. The van der Waals surface area contributed by atoms with Crippen LogP contribution < -0.4 is 10.1 Å². The van der Waals surface area contributed by atoms with Crippen molar-refractivity contribution in [2.45, 2.75) is 46.1 Å². The lowest BCUT2D eigenvalue weighted by Crippen LogP contribution is -2.43. The van der Waals surface area contributed by atoms with Gasteiger partial charge >= 0.3 is 0 Å². The number of carbonyl (C=O) groups is 1. The molecule has 0 bridgehead atoms. The van der Waals surface area contributed by atoms with E-state index in [-0.39, 0.29) is 5.91 Å². The molecule has 25 heavy (non-hydrogen) atoms. The second-order valence-electron chi connectivity index (χ2n) is 7.25. The first kappa shape index (κ1) is 21.5. The summed E-state index contributed by atoms with van der Waals surface area (Å²) in [5.41, 5.74) is -0.0649. The van der Waals surface area contributed by atoms with E-state index in [1.807, 2.05) is 52.2 Å². The summed E-state index contributed by atoms with van der Waals surface area (Å²) in [5, 5.41) is 2.96. The zero-order chi connectivity index (χ0) is 18.9. The maximum Gasteiger partial charge on any atom is 0.256 e. The lowest BCUT2D eigenvalue weighted by atomic mass is 9.93. The molecular weight excluding hydrogens is 316 g/mol. The number of carbonyl (C=O) groups excluding carboxylic acids is 1. The summed E-state index contributed by atoms with van der Waals surface area (Å²) in [6, 6.07) is 7.49. The summed E-state index contributed by atoms with van der Waals surface area (Å²) in [6.07, 6.45) is 1.66. The molecule has 0 aliphatic carbocycles. The lowest BCUT2D eigenvalue weighted by molar-refractivity contribution is -0.140. The molecule has 0 saturated heterocycles. The Morgan fingerprint density at radius 3 is 2.40 bits per heavy atom. The van der Waals surface area contributed by atoms with E-state index in [1.165, 1.54) is 0 Å². The fourth-order valence-electron chi connectivity index (χ4n) is 2.78. The Kier molecular flexibility index (Phi) is 8.93. The molecule has 0 aliphatic rings. The van der Waals surface area contributed by atoms with E-state index < -0.39 is 5.60 Å². The van der Waals surface area contributed by atoms with Gasteiger partial charge in [0, 0.05) is 18.8 Å². The van der Waals surface area contributed by atoms with Crippen molar-refractivity contribution in [3.63, 3.8) is 0 Å². The number of anilines is 1. The van der Waals surface area contributed by atoms with E-state index in [0.717, 1.165) is 24.4 Å². The molecule has 0 spiro atoms. The summed E-state index contributed by atoms with van der Waals surface area (Å²) in [5.74, 6) is 1.08. The third kappa shape index (κ3) is 7.88. The SMILES string of the molecule is CCO[C@@](C)(CC(C)C)C(=O)Nc1ccc(OCCCN(C)C)cc1. The molecule has 142 valence electrons. The van der Waals surface area contributed by atoms with E-state index in [0.29, 0.717) is 25.6 Å². The van der Waals surface area contributed by atoms with Gasteiger partial charge in [-0.3, -0.25) is 4.79 Å². The van der Waals surface area contributed by atoms with Gasteiger partial charge in [0.1, 0.15) is 11.4 Å². The first-order chi connectivity index (χ1) is 11.8. The number of rotatable bonds is 11. The van der Waals surface area contributed by atoms with Crippen molar-refractivity contribution in [3.8, 4) is 5.75 Å². The van der Waals surface area contributed by atoms with Crippen molar-refractivity contribution in [3.05, 3.63) is 24.3 Å². The fraction of sp³-hybridized carbons (Fsp3) is 0.650. The molecule has 1 rings (SSSR count). The third-order valence-electron chi connectivity index (χ3n) is 3.87. The number of nitrogens with zero attached hydrogens (tertiary/aromatic N) is 1. The highest BCUT2D eigenvalue weighted by molar-refractivity contribution is 5.97. The molecule has 0 unspecified atom stereocenters. The Bertz CT molecular complexity index is 514. The summed E-state index contributed by atoms with van der Waals surface area (Å²) in [7, 11) is 4.10. The zero-order valence-corrected chi connectivity index (χ0v) is 16.6. The van der Waals surface area contributed by atoms with Crippen LogP contribution in [0.15, 0.2) is 24.3 Å². The second-order valence-corrected chi connectivity index (χ2v) is 7.25. The first-order valence-corrected chi connectivity index (χ1v) is 9.10. The minimum atomic E-state index is -0.815. The topological polar surface area (TPSA) is 50.8 Å². The maximum absolute atomic E-state index is 12.6. The van der Waals surface area contributed by atoms with Gasteiger partial charge in [-0.05, 0) is 71.0 Å². The van der Waals surface area contributed by atoms with Crippen molar-refractivity contribution < 1.29 is 14.3 Å². The molecule has 0 heterocycles. The van der Waals surface area contributed by atoms with E-state index in [2.05, 4.69) is 24.1 Å². The minimum Gasteiger partial charge on any atom is -0.494 e. The van der Waals surface area contributed by atoms with Crippen molar-refractivity contribution in [2.75, 3.05) is 39.2 Å². The summed E-state index contributed by atoms with van der Waals surface area (Å²) in [4.78, 5) is 14.8. The predicted molar refractivity (Wildman–Crippen MR) is 103 cm³/mol. The van der Waals surface area contributed by atoms with Gasteiger partial charge in [-0.2, -0.15) is 0 Å². The van der Waals surface area contributed by atoms with Crippen LogP contribution in [0.2, 0.25) is 0 Å². The number of hydrogen-bond acceptors (Lipinski definition) is 4. The Hall–Kier alpha value is -1.59. The van der Waals surface area contributed by atoms with Crippen LogP contribution in [0.25, 0.3) is 0 Å². The number of amides is 1. The van der Waals surface area contributed by atoms with Crippen LogP contribution in [0.1, 0.15) is 40.5 Å². The Morgan fingerprint density at radius 1 is 1.24 bits per heavy atom. The zero-order valence-electron chi connectivity index (χ0n) is 16.6. The molecule has 0 aliphatic heterocycles. The lowest BCUT2D eigenvalue weighted by Gasteiger charge is -2.29. The van der Waals surface area contributed by atoms with Gasteiger partial charge in [-0.1, -0.05) is 13.8 Å². The Morgan fingerprint density at radius 2 is 1.88 bits per heavy atom. The molecule has 1 aromatic carbocycles. The molecule has 0 fully saturated rings. The van der Waals surface area contributed by atoms with E-state index in [9.17, 15) is 4.79 Å². The molecule has 0 aromatic heterocycles. The smallest absolute Gasteiger partial charge is 0.256 e. The van der Waals surface area contributed by atoms with Crippen LogP contribution in [0.4, 0.5) is 5.69 Å². The normalized spacial score (nSPS) is 13.8. The average molecular weight is 351 g/mol.